The Hall–Kier alpha value is -1.83. The second-order valence-corrected chi connectivity index (χ2v) is 5.30. The maximum Gasteiger partial charge on any atom is 0.179 e. The molecule has 0 aliphatic heterocycles. The van der Waals surface area contributed by atoms with Crippen molar-refractivity contribution in [3.8, 4) is 5.69 Å². The first-order chi connectivity index (χ1) is 8.93. The van der Waals surface area contributed by atoms with E-state index in [4.69, 9.17) is 0 Å². The minimum atomic E-state index is 0.187. The molecule has 100 valence electrons. The molecule has 1 aromatic carbocycles. The molecule has 2 rings (SSSR count). The number of ketones is 1. The first kappa shape index (κ1) is 13.6. The highest BCUT2D eigenvalue weighted by Crippen LogP contribution is 2.24. The summed E-state index contributed by atoms with van der Waals surface area (Å²) in [7, 11) is 0. The Morgan fingerprint density at radius 1 is 1.00 bits per heavy atom. The van der Waals surface area contributed by atoms with Gasteiger partial charge in [-0.15, -0.1) is 0 Å². The number of rotatable bonds is 3. The first-order valence-corrected chi connectivity index (χ1v) is 6.74. The summed E-state index contributed by atoms with van der Waals surface area (Å²) in [5.41, 5.74) is 6.71. The zero-order chi connectivity index (χ0) is 14.2. The molecule has 0 N–H and O–H groups in total. The number of aromatic nitrogens is 1. The van der Waals surface area contributed by atoms with E-state index in [2.05, 4.69) is 32.9 Å². The van der Waals surface area contributed by atoms with E-state index in [0.29, 0.717) is 6.42 Å². The molecule has 0 amide bonds. The van der Waals surface area contributed by atoms with Gasteiger partial charge in [-0.2, -0.15) is 0 Å². The van der Waals surface area contributed by atoms with Crippen molar-refractivity contribution in [3.63, 3.8) is 0 Å². The third kappa shape index (κ3) is 2.48. The van der Waals surface area contributed by atoms with Crippen LogP contribution in [0.1, 0.15) is 46.1 Å². The van der Waals surface area contributed by atoms with Gasteiger partial charge in [0, 0.05) is 12.6 Å². The molecule has 0 atom stereocenters. The van der Waals surface area contributed by atoms with Crippen molar-refractivity contribution >= 4 is 5.78 Å². The molecule has 2 heteroatoms. The lowest BCUT2D eigenvalue weighted by molar-refractivity contribution is 0.0981. The second-order valence-electron chi connectivity index (χ2n) is 5.30. The van der Waals surface area contributed by atoms with Crippen LogP contribution in [0.2, 0.25) is 0 Å². The predicted molar refractivity (Wildman–Crippen MR) is 79.3 cm³/mol. The van der Waals surface area contributed by atoms with Gasteiger partial charge in [-0.25, -0.2) is 0 Å². The molecule has 0 saturated heterocycles. The van der Waals surface area contributed by atoms with Crippen molar-refractivity contribution in [1.29, 1.82) is 0 Å². The second kappa shape index (κ2) is 5.04. The average molecular weight is 255 g/mol. The minimum absolute atomic E-state index is 0.187. The van der Waals surface area contributed by atoms with Crippen molar-refractivity contribution in [3.05, 3.63) is 52.3 Å². The van der Waals surface area contributed by atoms with Crippen LogP contribution in [0, 0.1) is 27.7 Å². The topological polar surface area (TPSA) is 22.0 Å². The van der Waals surface area contributed by atoms with Gasteiger partial charge in [0.05, 0.1) is 11.4 Å². The molecule has 0 aliphatic rings. The Kier molecular flexibility index (Phi) is 3.61. The number of carbonyl (C=O) groups is 1. The Morgan fingerprint density at radius 2 is 1.58 bits per heavy atom. The molecule has 19 heavy (non-hydrogen) atoms. The molecule has 1 aromatic heterocycles. The zero-order valence-electron chi connectivity index (χ0n) is 12.4. The van der Waals surface area contributed by atoms with Crippen LogP contribution in [0.3, 0.4) is 0 Å². The van der Waals surface area contributed by atoms with E-state index in [1.165, 1.54) is 16.7 Å². The van der Waals surface area contributed by atoms with E-state index < -0.39 is 0 Å². The number of benzene rings is 1. The summed E-state index contributed by atoms with van der Waals surface area (Å²) >= 11 is 0. The summed E-state index contributed by atoms with van der Waals surface area (Å²) in [6, 6.07) is 6.31. The van der Waals surface area contributed by atoms with Gasteiger partial charge < -0.3 is 4.57 Å². The first-order valence-electron chi connectivity index (χ1n) is 6.74. The Morgan fingerprint density at radius 3 is 2.11 bits per heavy atom. The van der Waals surface area contributed by atoms with Gasteiger partial charge in [-0.05, 0) is 50.5 Å². The normalized spacial score (nSPS) is 10.8. The summed E-state index contributed by atoms with van der Waals surface area (Å²) < 4.78 is 2.05. The summed E-state index contributed by atoms with van der Waals surface area (Å²) in [6.07, 6.45) is 2.58. The maximum atomic E-state index is 12.1. The van der Waals surface area contributed by atoms with Gasteiger partial charge in [0.25, 0.3) is 0 Å². The van der Waals surface area contributed by atoms with E-state index in [0.717, 1.165) is 16.9 Å². The smallest absolute Gasteiger partial charge is 0.179 e. The van der Waals surface area contributed by atoms with Crippen molar-refractivity contribution in [2.45, 2.75) is 41.0 Å². The van der Waals surface area contributed by atoms with E-state index in [9.17, 15) is 4.79 Å². The summed E-state index contributed by atoms with van der Waals surface area (Å²) in [6.45, 7) is 10.2. The fourth-order valence-electron chi connectivity index (χ4n) is 2.73. The van der Waals surface area contributed by atoms with Crippen LogP contribution in [0.5, 0.6) is 0 Å². The maximum absolute atomic E-state index is 12.1. The number of hydrogen-bond donors (Lipinski definition) is 0. The molecule has 0 radical (unpaired) electrons. The lowest BCUT2D eigenvalue weighted by Gasteiger charge is -2.15. The highest BCUT2D eigenvalue weighted by molar-refractivity contribution is 5.95. The van der Waals surface area contributed by atoms with Gasteiger partial charge in [0.2, 0.25) is 0 Å². The van der Waals surface area contributed by atoms with Crippen LogP contribution in [0.15, 0.2) is 24.4 Å². The van der Waals surface area contributed by atoms with E-state index in [1.807, 2.05) is 30.7 Å². The molecule has 0 unspecified atom stereocenters. The molecule has 0 bridgehead atoms. The van der Waals surface area contributed by atoms with E-state index in [1.54, 1.807) is 0 Å². The minimum Gasteiger partial charge on any atom is -0.313 e. The number of Topliss-reactive ketones (excluding diaryl/α,β-unsaturated/α-hetero) is 1. The van der Waals surface area contributed by atoms with Gasteiger partial charge in [0.1, 0.15) is 0 Å². The standard InChI is InChI=1S/C17H21NO/c1-6-16(19)15-9-12(3)10-18(15)17-13(4)7-11(2)8-14(17)5/h7-10H,6H2,1-5H3. The molecular formula is C17H21NO. The molecule has 0 spiro atoms. The third-order valence-corrected chi connectivity index (χ3v) is 3.44. The quantitative estimate of drug-likeness (QED) is 0.749. The fourth-order valence-corrected chi connectivity index (χ4v) is 2.73. The molecule has 0 fully saturated rings. The molecule has 1 heterocycles. The van der Waals surface area contributed by atoms with Gasteiger partial charge in [-0.1, -0.05) is 24.6 Å². The SMILES string of the molecule is CCC(=O)c1cc(C)cn1-c1c(C)cc(C)cc1C. The Balaban J connectivity index is 2.69. The summed E-state index contributed by atoms with van der Waals surface area (Å²) in [5.74, 6) is 0.187. The number of carbonyl (C=O) groups excluding carboxylic acids is 1. The van der Waals surface area contributed by atoms with Crippen LogP contribution in [-0.4, -0.2) is 10.4 Å². The van der Waals surface area contributed by atoms with Gasteiger partial charge in [-0.3, -0.25) is 4.79 Å². The fraction of sp³-hybridized carbons (Fsp3) is 0.353. The van der Waals surface area contributed by atoms with Crippen LogP contribution in [0.25, 0.3) is 5.69 Å². The number of hydrogen-bond acceptors (Lipinski definition) is 1. The van der Waals surface area contributed by atoms with E-state index >= 15 is 0 Å². The predicted octanol–water partition coefficient (Wildman–Crippen LogP) is 4.30. The number of nitrogens with zero attached hydrogens (tertiary/aromatic N) is 1. The van der Waals surface area contributed by atoms with Crippen molar-refractivity contribution in [2.24, 2.45) is 0 Å². The molecule has 0 saturated carbocycles. The molecule has 0 aliphatic carbocycles. The molecular weight excluding hydrogens is 234 g/mol. The van der Waals surface area contributed by atoms with Crippen LogP contribution < -0.4 is 0 Å². The summed E-state index contributed by atoms with van der Waals surface area (Å²) in [4.78, 5) is 12.1. The lowest BCUT2D eigenvalue weighted by Crippen LogP contribution is -2.08. The van der Waals surface area contributed by atoms with Gasteiger partial charge >= 0.3 is 0 Å². The highest BCUT2D eigenvalue weighted by atomic mass is 16.1. The lowest BCUT2D eigenvalue weighted by atomic mass is 10.0. The van der Waals surface area contributed by atoms with Gasteiger partial charge in [0.15, 0.2) is 5.78 Å². The van der Waals surface area contributed by atoms with Crippen LogP contribution in [0.4, 0.5) is 0 Å². The highest BCUT2D eigenvalue weighted by Gasteiger charge is 2.15. The average Bonchev–Trinajstić information content (AvgIpc) is 2.69. The molecule has 2 nitrogen and oxygen atoms in total. The summed E-state index contributed by atoms with van der Waals surface area (Å²) in [5, 5.41) is 0. The largest absolute Gasteiger partial charge is 0.313 e. The van der Waals surface area contributed by atoms with Crippen LogP contribution >= 0.6 is 0 Å². The van der Waals surface area contributed by atoms with Crippen molar-refractivity contribution in [1.82, 2.24) is 4.57 Å². The third-order valence-electron chi connectivity index (χ3n) is 3.44. The monoisotopic (exact) mass is 255 g/mol. The van der Waals surface area contributed by atoms with E-state index in [-0.39, 0.29) is 5.78 Å². The Bertz CT molecular complexity index is 612. The number of aryl methyl sites for hydroxylation is 4. The Labute approximate surface area is 115 Å². The zero-order valence-corrected chi connectivity index (χ0v) is 12.4. The van der Waals surface area contributed by atoms with Crippen LogP contribution in [-0.2, 0) is 0 Å². The van der Waals surface area contributed by atoms with Crippen molar-refractivity contribution in [2.75, 3.05) is 0 Å². The molecule has 2 aromatic rings. The van der Waals surface area contributed by atoms with Crippen molar-refractivity contribution < 1.29 is 4.79 Å².